The van der Waals surface area contributed by atoms with Crippen molar-refractivity contribution in [2.75, 3.05) is 13.1 Å². The van der Waals surface area contributed by atoms with E-state index < -0.39 is 0 Å². The topological polar surface area (TPSA) is 29.3 Å². The Morgan fingerprint density at radius 2 is 1.84 bits per heavy atom. The van der Waals surface area contributed by atoms with Crippen molar-refractivity contribution < 1.29 is 0 Å². The standard InChI is InChI=1S/C17H28N2/c1-3-19(16-11-7-8-12-16)17(2,14-18)13-15-9-5-4-6-10-15/h4-6,9-10,16H,3,7-8,11-14,18H2,1-2H3. The van der Waals surface area contributed by atoms with Crippen LogP contribution in [0, 0.1) is 0 Å². The van der Waals surface area contributed by atoms with E-state index >= 15 is 0 Å². The summed E-state index contributed by atoms with van der Waals surface area (Å²) in [6.45, 7) is 6.44. The van der Waals surface area contributed by atoms with E-state index in [4.69, 9.17) is 5.73 Å². The molecule has 2 N–H and O–H groups in total. The number of hydrogen-bond acceptors (Lipinski definition) is 2. The van der Waals surface area contributed by atoms with Crippen LogP contribution < -0.4 is 5.73 Å². The Morgan fingerprint density at radius 1 is 1.21 bits per heavy atom. The Labute approximate surface area is 118 Å². The minimum Gasteiger partial charge on any atom is -0.329 e. The molecule has 0 amide bonds. The number of benzene rings is 1. The van der Waals surface area contributed by atoms with Gasteiger partial charge in [0.1, 0.15) is 0 Å². The molecule has 0 aromatic heterocycles. The van der Waals surface area contributed by atoms with E-state index in [0.717, 1.165) is 25.6 Å². The Morgan fingerprint density at radius 3 is 2.37 bits per heavy atom. The number of likely N-dealkylation sites (N-methyl/N-ethyl adjacent to an activating group) is 1. The second-order valence-electron chi connectivity index (χ2n) is 6.09. The van der Waals surface area contributed by atoms with Gasteiger partial charge in [0, 0.05) is 18.1 Å². The molecule has 1 saturated carbocycles. The van der Waals surface area contributed by atoms with Gasteiger partial charge in [-0.25, -0.2) is 0 Å². The van der Waals surface area contributed by atoms with Crippen molar-refractivity contribution in [1.82, 2.24) is 4.90 Å². The average molecular weight is 260 g/mol. The lowest BCUT2D eigenvalue weighted by molar-refractivity contribution is 0.0688. The highest BCUT2D eigenvalue weighted by Crippen LogP contribution is 2.30. The highest BCUT2D eigenvalue weighted by atomic mass is 15.2. The molecular weight excluding hydrogens is 232 g/mol. The lowest BCUT2D eigenvalue weighted by Gasteiger charge is -2.44. The van der Waals surface area contributed by atoms with Gasteiger partial charge in [0.05, 0.1) is 0 Å². The third-order valence-corrected chi connectivity index (χ3v) is 4.67. The molecule has 1 fully saturated rings. The second kappa shape index (κ2) is 6.53. The molecule has 0 spiro atoms. The second-order valence-corrected chi connectivity index (χ2v) is 6.09. The average Bonchev–Trinajstić information content (AvgIpc) is 2.94. The van der Waals surface area contributed by atoms with Crippen molar-refractivity contribution >= 4 is 0 Å². The van der Waals surface area contributed by atoms with Crippen molar-refractivity contribution in [1.29, 1.82) is 0 Å². The maximum absolute atomic E-state index is 6.16. The van der Waals surface area contributed by atoms with Gasteiger partial charge in [-0.1, -0.05) is 50.1 Å². The first kappa shape index (κ1) is 14.5. The SMILES string of the molecule is CCN(C1CCCC1)C(C)(CN)Cc1ccccc1. The number of nitrogens with zero attached hydrogens (tertiary/aromatic N) is 1. The quantitative estimate of drug-likeness (QED) is 0.851. The molecule has 1 unspecified atom stereocenters. The molecule has 0 radical (unpaired) electrons. The molecule has 1 atom stereocenters. The third-order valence-electron chi connectivity index (χ3n) is 4.67. The van der Waals surface area contributed by atoms with Crippen LogP contribution in [0.5, 0.6) is 0 Å². The molecular formula is C17H28N2. The van der Waals surface area contributed by atoms with E-state index in [-0.39, 0.29) is 5.54 Å². The summed E-state index contributed by atoms with van der Waals surface area (Å²) in [5.41, 5.74) is 7.64. The van der Waals surface area contributed by atoms with Gasteiger partial charge in [-0.2, -0.15) is 0 Å². The summed E-state index contributed by atoms with van der Waals surface area (Å²) in [5.74, 6) is 0. The number of nitrogens with two attached hydrogens (primary N) is 1. The fourth-order valence-corrected chi connectivity index (χ4v) is 3.62. The molecule has 0 saturated heterocycles. The van der Waals surface area contributed by atoms with Crippen molar-refractivity contribution in [2.24, 2.45) is 5.73 Å². The predicted molar refractivity (Wildman–Crippen MR) is 82.2 cm³/mol. The summed E-state index contributed by atoms with van der Waals surface area (Å²) in [6.07, 6.45) is 6.51. The molecule has 1 aliphatic carbocycles. The first-order valence-corrected chi connectivity index (χ1v) is 7.70. The van der Waals surface area contributed by atoms with E-state index in [1.165, 1.54) is 31.2 Å². The van der Waals surface area contributed by atoms with Gasteiger partial charge < -0.3 is 5.73 Å². The molecule has 1 aliphatic rings. The van der Waals surface area contributed by atoms with Crippen LogP contribution in [0.25, 0.3) is 0 Å². The van der Waals surface area contributed by atoms with Crippen LogP contribution in [0.1, 0.15) is 45.1 Å². The zero-order valence-electron chi connectivity index (χ0n) is 12.4. The van der Waals surface area contributed by atoms with Gasteiger partial charge in [0.25, 0.3) is 0 Å². The summed E-state index contributed by atoms with van der Waals surface area (Å²) in [5, 5.41) is 0. The Hall–Kier alpha value is -0.860. The van der Waals surface area contributed by atoms with Crippen LogP contribution in [-0.2, 0) is 6.42 Å². The van der Waals surface area contributed by atoms with Crippen molar-refractivity contribution in [3.8, 4) is 0 Å². The van der Waals surface area contributed by atoms with Gasteiger partial charge in [-0.15, -0.1) is 0 Å². The number of rotatable bonds is 6. The smallest absolute Gasteiger partial charge is 0.0346 e. The molecule has 19 heavy (non-hydrogen) atoms. The molecule has 2 rings (SSSR count). The van der Waals surface area contributed by atoms with Crippen LogP contribution in [0.15, 0.2) is 30.3 Å². The minimum atomic E-state index is 0.0884. The maximum atomic E-state index is 6.16. The van der Waals surface area contributed by atoms with E-state index in [2.05, 4.69) is 49.1 Å². The number of hydrogen-bond donors (Lipinski definition) is 1. The van der Waals surface area contributed by atoms with E-state index in [0.29, 0.717) is 0 Å². The predicted octanol–water partition coefficient (Wildman–Crippen LogP) is 3.21. The lowest BCUT2D eigenvalue weighted by atomic mass is 9.89. The van der Waals surface area contributed by atoms with Crippen molar-refractivity contribution in [2.45, 2.75) is 57.5 Å². The summed E-state index contributed by atoms with van der Waals surface area (Å²) in [7, 11) is 0. The molecule has 1 aromatic rings. The zero-order valence-corrected chi connectivity index (χ0v) is 12.4. The molecule has 0 aliphatic heterocycles. The molecule has 2 nitrogen and oxygen atoms in total. The van der Waals surface area contributed by atoms with E-state index in [1.54, 1.807) is 0 Å². The highest BCUT2D eigenvalue weighted by molar-refractivity contribution is 5.18. The van der Waals surface area contributed by atoms with Gasteiger partial charge in [0.2, 0.25) is 0 Å². The van der Waals surface area contributed by atoms with E-state index in [9.17, 15) is 0 Å². The van der Waals surface area contributed by atoms with Gasteiger partial charge in [-0.3, -0.25) is 4.90 Å². The lowest BCUT2D eigenvalue weighted by Crippen LogP contribution is -2.56. The normalized spacial score (nSPS) is 19.8. The molecule has 0 bridgehead atoms. The molecule has 0 heterocycles. The fraction of sp³-hybridized carbons (Fsp3) is 0.647. The summed E-state index contributed by atoms with van der Waals surface area (Å²) in [4.78, 5) is 2.66. The van der Waals surface area contributed by atoms with Crippen molar-refractivity contribution in [3.63, 3.8) is 0 Å². The van der Waals surface area contributed by atoms with Crippen LogP contribution >= 0.6 is 0 Å². The molecule has 2 heteroatoms. The zero-order chi connectivity index (χ0) is 13.7. The summed E-state index contributed by atoms with van der Waals surface area (Å²) >= 11 is 0. The molecule has 106 valence electrons. The van der Waals surface area contributed by atoms with Crippen LogP contribution in [0.3, 0.4) is 0 Å². The first-order valence-electron chi connectivity index (χ1n) is 7.70. The third kappa shape index (κ3) is 3.37. The highest BCUT2D eigenvalue weighted by Gasteiger charge is 2.35. The largest absolute Gasteiger partial charge is 0.329 e. The van der Waals surface area contributed by atoms with Crippen LogP contribution in [-0.4, -0.2) is 29.6 Å². The van der Waals surface area contributed by atoms with Crippen LogP contribution in [0.4, 0.5) is 0 Å². The Kier molecular flexibility index (Phi) is 5.00. The maximum Gasteiger partial charge on any atom is 0.0346 e. The minimum absolute atomic E-state index is 0.0884. The summed E-state index contributed by atoms with van der Waals surface area (Å²) < 4.78 is 0. The summed E-state index contributed by atoms with van der Waals surface area (Å²) in [6, 6.07) is 11.5. The van der Waals surface area contributed by atoms with Crippen LogP contribution in [0.2, 0.25) is 0 Å². The van der Waals surface area contributed by atoms with Gasteiger partial charge in [-0.05, 0) is 38.3 Å². The van der Waals surface area contributed by atoms with Gasteiger partial charge in [0.15, 0.2) is 0 Å². The Balaban J connectivity index is 2.14. The van der Waals surface area contributed by atoms with Crippen molar-refractivity contribution in [3.05, 3.63) is 35.9 Å². The van der Waals surface area contributed by atoms with Gasteiger partial charge >= 0.3 is 0 Å². The first-order chi connectivity index (χ1) is 9.19. The Bertz CT molecular complexity index is 370. The van der Waals surface area contributed by atoms with E-state index in [1.807, 2.05) is 0 Å². The fourth-order valence-electron chi connectivity index (χ4n) is 3.62. The monoisotopic (exact) mass is 260 g/mol. The molecule has 1 aromatic carbocycles.